The van der Waals surface area contributed by atoms with Crippen LogP contribution in [0.4, 0.5) is 0 Å². The molecule has 1 aromatic carbocycles. The van der Waals surface area contributed by atoms with Crippen molar-refractivity contribution < 1.29 is 4.52 Å². The number of hydrogen-bond donors (Lipinski definition) is 1. The van der Waals surface area contributed by atoms with Crippen LogP contribution in [0.3, 0.4) is 0 Å². The maximum atomic E-state index is 6.37. The first-order chi connectivity index (χ1) is 11.6. The van der Waals surface area contributed by atoms with Crippen LogP contribution in [-0.2, 0) is 12.0 Å². The van der Waals surface area contributed by atoms with E-state index in [4.69, 9.17) is 21.9 Å². The Labute approximate surface area is 161 Å². The standard InChI is InChI=1S/C17H17ClN4OS.ClH/c18-12-5-3-11(4-6-12)15-20-13(10-24-15)9-14-21-16(22-23-14)17(19)7-1-2-8-17;/h3-6,10H,1-2,7-9,19H2;1H. The highest BCUT2D eigenvalue weighted by Crippen LogP contribution is 2.34. The highest BCUT2D eigenvalue weighted by molar-refractivity contribution is 7.13. The van der Waals surface area contributed by atoms with Gasteiger partial charge in [0.05, 0.1) is 17.7 Å². The molecule has 3 aromatic rings. The molecule has 0 spiro atoms. The van der Waals surface area contributed by atoms with Crippen molar-refractivity contribution in [3.05, 3.63) is 52.1 Å². The third-order valence-electron chi connectivity index (χ3n) is 4.38. The van der Waals surface area contributed by atoms with E-state index in [2.05, 4.69) is 15.1 Å². The number of hydrogen-bond acceptors (Lipinski definition) is 6. The molecule has 0 unspecified atom stereocenters. The van der Waals surface area contributed by atoms with E-state index in [-0.39, 0.29) is 12.4 Å². The average molecular weight is 397 g/mol. The summed E-state index contributed by atoms with van der Waals surface area (Å²) in [5.74, 6) is 1.19. The van der Waals surface area contributed by atoms with E-state index in [1.807, 2.05) is 29.6 Å². The topological polar surface area (TPSA) is 77.8 Å². The van der Waals surface area contributed by atoms with E-state index in [1.165, 1.54) is 0 Å². The van der Waals surface area contributed by atoms with Crippen LogP contribution < -0.4 is 5.73 Å². The summed E-state index contributed by atoms with van der Waals surface area (Å²) < 4.78 is 5.38. The molecule has 0 aliphatic heterocycles. The lowest BCUT2D eigenvalue weighted by Crippen LogP contribution is -2.34. The first kappa shape index (κ1) is 18.3. The second-order valence-corrected chi connectivity index (χ2v) is 7.50. The van der Waals surface area contributed by atoms with Crippen LogP contribution >= 0.6 is 35.3 Å². The van der Waals surface area contributed by atoms with Crippen molar-refractivity contribution in [3.8, 4) is 10.6 Å². The highest BCUT2D eigenvalue weighted by atomic mass is 35.5. The molecule has 2 aromatic heterocycles. The lowest BCUT2D eigenvalue weighted by Gasteiger charge is -2.17. The van der Waals surface area contributed by atoms with Crippen molar-refractivity contribution in [3.63, 3.8) is 0 Å². The van der Waals surface area contributed by atoms with E-state index < -0.39 is 5.54 Å². The second kappa shape index (κ2) is 7.41. The van der Waals surface area contributed by atoms with Crippen LogP contribution in [0.1, 0.15) is 43.1 Å². The zero-order valence-corrected chi connectivity index (χ0v) is 15.8. The Morgan fingerprint density at radius 3 is 2.60 bits per heavy atom. The number of benzene rings is 1. The minimum atomic E-state index is -0.418. The Balaban J connectivity index is 0.00000182. The molecule has 0 saturated heterocycles. The van der Waals surface area contributed by atoms with Crippen molar-refractivity contribution in [1.82, 2.24) is 15.1 Å². The van der Waals surface area contributed by atoms with Gasteiger partial charge < -0.3 is 10.3 Å². The molecule has 0 bridgehead atoms. The van der Waals surface area contributed by atoms with Gasteiger partial charge in [-0.2, -0.15) is 4.98 Å². The number of nitrogens with two attached hydrogens (primary N) is 1. The normalized spacial score (nSPS) is 15.9. The number of nitrogens with zero attached hydrogens (tertiary/aromatic N) is 3. The van der Waals surface area contributed by atoms with Gasteiger partial charge in [-0.25, -0.2) is 4.98 Å². The maximum absolute atomic E-state index is 6.37. The van der Waals surface area contributed by atoms with E-state index in [1.54, 1.807) is 11.3 Å². The van der Waals surface area contributed by atoms with Crippen molar-refractivity contribution >= 4 is 35.3 Å². The summed E-state index contributed by atoms with van der Waals surface area (Å²) in [5, 5.41) is 7.78. The van der Waals surface area contributed by atoms with Crippen LogP contribution in [0.15, 0.2) is 34.2 Å². The summed E-state index contributed by atoms with van der Waals surface area (Å²) >= 11 is 7.51. The number of thiazole rings is 1. The molecule has 5 nitrogen and oxygen atoms in total. The van der Waals surface area contributed by atoms with E-state index in [9.17, 15) is 0 Å². The fraction of sp³-hybridized carbons (Fsp3) is 0.353. The molecule has 2 heterocycles. The summed E-state index contributed by atoms with van der Waals surface area (Å²) in [5.41, 5.74) is 7.92. The summed E-state index contributed by atoms with van der Waals surface area (Å²) in [6.07, 6.45) is 4.60. The Morgan fingerprint density at radius 1 is 1.16 bits per heavy atom. The average Bonchev–Trinajstić information content (AvgIpc) is 3.30. The Morgan fingerprint density at radius 2 is 1.88 bits per heavy atom. The molecule has 1 saturated carbocycles. The van der Waals surface area contributed by atoms with Crippen molar-refractivity contribution in [2.75, 3.05) is 0 Å². The van der Waals surface area contributed by atoms with Gasteiger partial charge in [0.25, 0.3) is 0 Å². The van der Waals surface area contributed by atoms with Gasteiger partial charge in [-0.15, -0.1) is 23.7 Å². The summed E-state index contributed by atoms with van der Waals surface area (Å²) in [4.78, 5) is 9.14. The third-order valence-corrected chi connectivity index (χ3v) is 5.58. The van der Waals surface area contributed by atoms with Gasteiger partial charge in [0.15, 0.2) is 5.82 Å². The first-order valence-corrected chi connectivity index (χ1v) is 9.20. The smallest absolute Gasteiger partial charge is 0.232 e. The van der Waals surface area contributed by atoms with Gasteiger partial charge in [-0.1, -0.05) is 41.7 Å². The maximum Gasteiger partial charge on any atom is 0.232 e. The summed E-state index contributed by atoms with van der Waals surface area (Å²) in [6, 6.07) is 7.66. The molecular formula is C17H18Cl2N4OS. The number of aromatic nitrogens is 3. The monoisotopic (exact) mass is 396 g/mol. The van der Waals surface area contributed by atoms with Gasteiger partial charge in [0, 0.05) is 16.0 Å². The first-order valence-electron chi connectivity index (χ1n) is 7.95. The minimum absolute atomic E-state index is 0. The predicted molar refractivity (Wildman–Crippen MR) is 101 cm³/mol. The summed E-state index contributed by atoms with van der Waals surface area (Å²) in [7, 11) is 0. The van der Waals surface area contributed by atoms with E-state index >= 15 is 0 Å². The van der Waals surface area contributed by atoms with Crippen molar-refractivity contribution in [1.29, 1.82) is 0 Å². The molecular weight excluding hydrogens is 379 g/mol. The molecule has 0 amide bonds. The molecule has 1 fully saturated rings. The number of rotatable bonds is 4. The molecule has 1 aliphatic carbocycles. The number of halogens is 2. The van der Waals surface area contributed by atoms with Crippen LogP contribution in [0.5, 0.6) is 0 Å². The second-order valence-electron chi connectivity index (χ2n) is 6.20. The Kier molecular flexibility index (Phi) is 5.43. The van der Waals surface area contributed by atoms with Gasteiger partial charge in [-0.05, 0) is 25.0 Å². The van der Waals surface area contributed by atoms with Gasteiger partial charge in [0.2, 0.25) is 5.89 Å². The van der Waals surface area contributed by atoms with Gasteiger partial charge >= 0.3 is 0 Å². The zero-order chi connectivity index (χ0) is 16.6. The molecule has 132 valence electrons. The van der Waals surface area contributed by atoms with Crippen molar-refractivity contribution in [2.24, 2.45) is 5.73 Å². The lowest BCUT2D eigenvalue weighted by atomic mass is 9.99. The molecule has 0 atom stereocenters. The molecule has 4 rings (SSSR count). The summed E-state index contributed by atoms with van der Waals surface area (Å²) in [6.45, 7) is 0. The predicted octanol–water partition coefficient (Wildman–Crippen LogP) is 4.59. The van der Waals surface area contributed by atoms with Crippen molar-refractivity contribution in [2.45, 2.75) is 37.6 Å². The van der Waals surface area contributed by atoms with E-state index in [0.717, 1.165) is 47.0 Å². The van der Waals surface area contributed by atoms with Crippen LogP contribution in [0.2, 0.25) is 5.02 Å². The SMILES string of the molecule is Cl.NC1(c2noc(Cc3csc(-c4ccc(Cl)cc4)n3)n2)CCCC1. The minimum Gasteiger partial charge on any atom is -0.339 e. The third kappa shape index (κ3) is 3.87. The molecule has 2 N–H and O–H groups in total. The molecule has 1 aliphatic rings. The van der Waals surface area contributed by atoms with Crippen LogP contribution in [-0.4, -0.2) is 15.1 Å². The fourth-order valence-electron chi connectivity index (χ4n) is 3.03. The van der Waals surface area contributed by atoms with Crippen LogP contribution in [0, 0.1) is 0 Å². The molecule has 8 heteroatoms. The zero-order valence-electron chi connectivity index (χ0n) is 13.4. The lowest BCUT2D eigenvalue weighted by molar-refractivity contribution is 0.352. The molecule has 0 radical (unpaired) electrons. The molecule has 25 heavy (non-hydrogen) atoms. The Hall–Kier alpha value is -1.47. The van der Waals surface area contributed by atoms with Gasteiger partial charge in [-0.3, -0.25) is 0 Å². The Bertz CT molecular complexity index is 840. The fourth-order valence-corrected chi connectivity index (χ4v) is 3.98. The highest BCUT2D eigenvalue weighted by Gasteiger charge is 2.35. The van der Waals surface area contributed by atoms with Gasteiger partial charge in [0.1, 0.15) is 5.01 Å². The quantitative estimate of drug-likeness (QED) is 0.697. The largest absolute Gasteiger partial charge is 0.339 e. The van der Waals surface area contributed by atoms with E-state index in [0.29, 0.717) is 18.1 Å². The van der Waals surface area contributed by atoms with Crippen LogP contribution in [0.25, 0.3) is 10.6 Å².